The number of ether oxygens (including phenoxy) is 1. The van der Waals surface area contributed by atoms with Gasteiger partial charge in [-0.1, -0.05) is 13.8 Å². The van der Waals surface area contributed by atoms with Gasteiger partial charge in [0.05, 0.1) is 13.3 Å². The molecule has 0 aromatic carbocycles. The number of carbonyl (C=O) groups is 2. The number of amides is 1. The summed E-state index contributed by atoms with van der Waals surface area (Å²) in [6, 6.07) is -0.686. The first-order valence-electron chi connectivity index (χ1n) is 5.21. The lowest BCUT2D eigenvalue weighted by Crippen LogP contribution is -2.45. The van der Waals surface area contributed by atoms with E-state index in [1.54, 1.807) is 0 Å². The van der Waals surface area contributed by atoms with Gasteiger partial charge in [-0.25, -0.2) is 9.78 Å². The molecule has 0 bridgehead atoms. The van der Waals surface area contributed by atoms with E-state index in [9.17, 15) is 9.59 Å². The third kappa shape index (κ3) is 3.51. The number of aromatic nitrogens is 2. The normalized spacial score (nSPS) is 12.0. The van der Waals surface area contributed by atoms with Crippen molar-refractivity contribution < 1.29 is 14.3 Å². The number of carbonyl (C=O) groups excluding carboxylic acids is 2. The van der Waals surface area contributed by atoms with Gasteiger partial charge in [0.2, 0.25) is 0 Å². The van der Waals surface area contributed by atoms with Crippen LogP contribution >= 0.6 is 0 Å². The molecule has 0 aliphatic heterocycles. The molecule has 0 radical (unpaired) electrons. The number of rotatable bonds is 4. The molecule has 1 rings (SSSR count). The van der Waals surface area contributed by atoms with E-state index in [2.05, 4.69) is 20.0 Å². The highest BCUT2D eigenvalue weighted by atomic mass is 16.5. The van der Waals surface area contributed by atoms with Gasteiger partial charge in [0, 0.05) is 12.4 Å². The van der Waals surface area contributed by atoms with Crippen molar-refractivity contribution in [2.75, 3.05) is 7.11 Å². The van der Waals surface area contributed by atoms with Gasteiger partial charge in [0.25, 0.3) is 5.91 Å². The Kier molecular flexibility index (Phi) is 4.56. The number of hydrogen-bond acceptors (Lipinski definition) is 5. The molecule has 0 aliphatic rings. The summed E-state index contributed by atoms with van der Waals surface area (Å²) in [6.45, 7) is 3.64. The molecule has 0 spiro atoms. The Morgan fingerprint density at radius 2 is 2.06 bits per heavy atom. The highest BCUT2D eigenvalue weighted by Crippen LogP contribution is 2.04. The number of methoxy groups -OCH3 is 1. The molecular weight excluding hydrogens is 222 g/mol. The van der Waals surface area contributed by atoms with E-state index >= 15 is 0 Å². The number of nitrogens with zero attached hydrogens (tertiary/aromatic N) is 2. The minimum atomic E-state index is -0.686. The Balaban J connectivity index is 2.75. The lowest BCUT2D eigenvalue weighted by atomic mass is 10.0. The van der Waals surface area contributed by atoms with Crippen molar-refractivity contribution in [3.63, 3.8) is 0 Å². The van der Waals surface area contributed by atoms with Crippen LogP contribution in [0.5, 0.6) is 0 Å². The van der Waals surface area contributed by atoms with Gasteiger partial charge in [-0.15, -0.1) is 0 Å². The van der Waals surface area contributed by atoms with Gasteiger partial charge in [-0.05, 0) is 5.92 Å². The zero-order chi connectivity index (χ0) is 12.8. The van der Waals surface area contributed by atoms with E-state index < -0.39 is 17.9 Å². The Hall–Kier alpha value is -1.98. The largest absolute Gasteiger partial charge is 0.467 e. The van der Waals surface area contributed by atoms with Gasteiger partial charge in [-0.3, -0.25) is 9.78 Å². The molecule has 6 heteroatoms. The molecule has 6 nitrogen and oxygen atoms in total. The fourth-order valence-corrected chi connectivity index (χ4v) is 1.26. The highest BCUT2D eigenvalue weighted by Gasteiger charge is 2.25. The Morgan fingerprint density at radius 1 is 1.35 bits per heavy atom. The Morgan fingerprint density at radius 3 is 2.53 bits per heavy atom. The number of esters is 1. The lowest BCUT2D eigenvalue weighted by Gasteiger charge is -2.19. The average Bonchev–Trinajstić information content (AvgIpc) is 2.35. The first-order valence-corrected chi connectivity index (χ1v) is 5.21. The zero-order valence-electron chi connectivity index (χ0n) is 10.0. The third-order valence-corrected chi connectivity index (χ3v) is 2.20. The molecule has 1 heterocycles. The summed E-state index contributed by atoms with van der Waals surface area (Å²) >= 11 is 0. The molecule has 1 aromatic rings. The molecule has 92 valence electrons. The quantitative estimate of drug-likeness (QED) is 0.767. The molecule has 1 unspecified atom stereocenters. The summed E-state index contributed by atoms with van der Waals surface area (Å²) in [5.41, 5.74) is 0.169. The van der Waals surface area contributed by atoms with Crippen LogP contribution in [0.25, 0.3) is 0 Å². The van der Waals surface area contributed by atoms with E-state index in [4.69, 9.17) is 0 Å². The van der Waals surface area contributed by atoms with Crippen molar-refractivity contribution in [1.82, 2.24) is 15.3 Å². The van der Waals surface area contributed by atoms with Crippen LogP contribution in [-0.2, 0) is 9.53 Å². The standard InChI is InChI=1S/C11H15N3O3/c1-7(2)9(11(16)17-3)14-10(15)8-6-12-4-5-13-8/h4-7,9H,1-3H3,(H,14,15). The van der Waals surface area contributed by atoms with Gasteiger partial charge in [0.15, 0.2) is 0 Å². The van der Waals surface area contributed by atoms with Crippen LogP contribution in [0.1, 0.15) is 24.3 Å². The minimum absolute atomic E-state index is 0.0666. The summed E-state index contributed by atoms with van der Waals surface area (Å²) in [6.07, 6.45) is 4.22. The molecule has 0 saturated carbocycles. The average molecular weight is 237 g/mol. The molecule has 1 atom stereocenters. The van der Waals surface area contributed by atoms with E-state index in [0.717, 1.165) is 0 Å². The van der Waals surface area contributed by atoms with Crippen molar-refractivity contribution >= 4 is 11.9 Å². The summed E-state index contributed by atoms with van der Waals surface area (Å²) in [7, 11) is 1.28. The summed E-state index contributed by atoms with van der Waals surface area (Å²) < 4.78 is 4.62. The lowest BCUT2D eigenvalue weighted by molar-refractivity contribution is -0.144. The number of nitrogens with one attached hydrogen (secondary N) is 1. The van der Waals surface area contributed by atoms with E-state index in [0.29, 0.717) is 0 Å². The van der Waals surface area contributed by atoms with E-state index in [1.165, 1.54) is 25.7 Å². The predicted molar refractivity (Wildman–Crippen MR) is 60.1 cm³/mol. The molecule has 1 N–H and O–H groups in total. The minimum Gasteiger partial charge on any atom is -0.467 e. The predicted octanol–water partition coefficient (Wildman–Crippen LogP) is 0.404. The van der Waals surface area contributed by atoms with Gasteiger partial charge in [-0.2, -0.15) is 0 Å². The second-order valence-corrected chi connectivity index (χ2v) is 3.81. The van der Waals surface area contributed by atoms with E-state index in [1.807, 2.05) is 13.8 Å². The maximum absolute atomic E-state index is 11.8. The van der Waals surface area contributed by atoms with Crippen molar-refractivity contribution in [2.45, 2.75) is 19.9 Å². The second kappa shape index (κ2) is 5.93. The fourth-order valence-electron chi connectivity index (χ4n) is 1.26. The van der Waals surface area contributed by atoms with Gasteiger partial charge >= 0.3 is 5.97 Å². The van der Waals surface area contributed by atoms with Crippen LogP contribution < -0.4 is 5.32 Å². The van der Waals surface area contributed by atoms with Crippen molar-refractivity contribution in [3.05, 3.63) is 24.3 Å². The SMILES string of the molecule is COC(=O)C(NC(=O)c1cnccn1)C(C)C. The summed E-state index contributed by atoms with van der Waals surface area (Å²) in [5.74, 6) is -0.984. The molecule has 0 saturated heterocycles. The van der Waals surface area contributed by atoms with E-state index in [-0.39, 0.29) is 11.6 Å². The van der Waals surface area contributed by atoms with Crippen LogP contribution in [0.15, 0.2) is 18.6 Å². The van der Waals surface area contributed by atoms with Crippen LogP contribution in [0.3, 0.4) is 0 Å². The van der Waals surface area contributed by atoms with Gasteiger partial charge < -0.3 is 10.1 Å². The summed E-state index contributed by atoms with van der Waals surface area (Å²) in [5, 5.41) is 2.57. The number of hydrogen-bond donors (Lipinski definition) is 1. The Labute approximate surface area is 99.4 Å². The topological polar surface area (TPSA) is 81.2 Å². The highest BCUT2D eigenvalue weighted by molar-refractivity contribution is 5.94. The zero-order valence-corrected chi connectivity index (χ0v) is 10.0. The maximum atomic E-state index is 11.8. The monoisotopic (exact) mass is 237 g/mol. The third-order valence-electron chi connectivity index (χ3n) is 2.20. The Bertz CT molecular complexity index is 392. The maximum Gasteiger partial charge on any atom is 0.328 e. The van der Waals surface area contributed by atoms with Crippen LogP contribution in [0.2, 0.25) is 0 Å². The second-order valence-electron chi connectivity index (χ2n) is 3.81. The molecular formula is C11H15N3O3. The van der Waals surface area contributed by atoms with Crippen molar-refractivity contribution in [1.29, 1.82) is 0 Å². The molecule has 17 heavy (non-hydrogen) atoms. The molecule has 0 aliphatic carbocycles. The van der Waals surface area contributed by atoms with Crippen molar-refractivity contribution in [3.8, 4) is 0 Å². The van der Waals surface area contributed by atoms with Gasteiger partial charge in [0.1, 0.15) is 11.7 Å². The van der Waals surface area contributed by atoms with Crippen LogP contribution in [0, 0.1) is 5.92 Å². The first-order chi connectivity index (χ1) is 8.06. The van der Waals surface area contributed by atoms with Crippen molar-refractivity contribution in [2.24, 2.45) is 5.92 Å². The van der Waals surface area contributed by atoms with Crippen LogP contribution in [0.4, 0.5) is 0 Å². The van der Waals surface area contributed by atoms with Crippen LogP contribution in [-0.4, -0.2) is 35.0 Å². The molecule has 1 amide bonds. The fraction of sp³-hybridized carbons (Fsp3) is 0.455. The summed E-state index contributed by atoms with van der Waals surface area (Å²) in [4.78, 5) is 30.8. The first kappa shape index (κ1) is 13.1. The smallest absolute Gasteiger partial charge is 0.328 e. The molecule has 1 aromatic heterocycles. The molecule has 0 fully saturated rings.